The molecule has 3 N–H and O–H groups in total. The van der Waals surface area contributed by atoms with Crippen LogP contribution in [0.5, 0.6) is 11.5 Å². The zero-order chi connectivity index (χ0) is 18.3. The molecule has 9 nitrogen and oxygen atoms in total. The lowest BCUT2D eigenvalue weighted by molar-refractivity contribution is 0.0120. The number of likely N-dealkylation sites (tertiary alicyclic amines) is 1. The summed E-state index contributed by atoms with van der Waals surface area (Å²) >= 11 is 0. The Morgan fingerprint density at radius 1 is 1.50 bits per heavy atom. The minimum absolute atomic E-state index is 0.0681. The number of nitrogens with one attached hydrogen (secondary N) is 1. The topological polar surface area (TPSA) is 121 Å². The fourth-order valence-electron chi connectivity index (χ4n) is 3.17. The van der Waals surface area contributed by atoms with Crippen molar-refractivity contribution in [1.29, 1.82) is 0 Å². The molecule has 0 spiro atoms. The van der Waals surface area contributed by atoms with Gasteiger partial charge >= 0.3 is 13.1 Å². The lowest BCUT2D eigenvalue weighted by Gasteiger charge is -2.38. The number of carboxylic acids is 1. The minimum Gasteiger partial charge on any atom is -0.532 e. The summed E-state index contributed by atoms with van der Waals surface area (Å²) in [5.41, 5.74) is 1.33. The van der Waals surface area contributed by atoms with E-state index < -0.39 is 13.1 Å². The van der Waals surface area contributed by atoms with Crippen LogP contribution in [0.15, 0.2) is 24.4 Å². The lowest BCUT2D eigenvalue weighted by atomic mass is 9.81. The Labute approximate surface area is 149 Å². The molecule has 0 saturated carbocycles. The molecule has 1 saturated heterocycles. The number of aromatic nitrogens is 3. The summed E-state index contributed by atoms with van der Waals surface area (Å²) in [6.07, 6.45) is 1.40. The normalized spacial score (nSPS) is 17.2. The molecule has 0 atom stereocenters. The number of allylic oxidation sites excluding steroid dienone is 1. The smallest absolute Gasteiger partial charge is 0.532 e. The van der Waals surface area contributed by atoms with Crippen LogP contribution in [-0.4, -0.2) is 62.5 Å². The van der Waals surface area contributed by atoms with Crippen molar-refractivity contribution in [3.8, 4) is 11.5 Å². The number of rotatable bonds is 5. The highest BCUT2D eigenvalue weighted by atomic mass is 16.5. The lowest BCUT2D eigenvalue weighted by Crippen LogP contribution is -2.53. The maximum absolute atomic E-state index is 11.8. The Bertz CT molecular complexity index is 864. The van der Waals surface area contributed by atoms with E-state index in [4.69, 9.17) is 9.39 Å². The summed E-state index contributed by atoms with van der Waals surface area (Å²) in [6, 6.07) is 3.39. The molecule has 0 aliphatic carbocycles. The average molecular weight is 356 g/mol. The molecule has 3 heterocycles. The Kier molecular flexibility index (Phi) is 4.13. The van der Waals surface area contributed by atoms with Gasteiger partial charge in [0.25, 0.3) is 0 Å². The molecule has 1 aromatic carbocycles. The van der Waals surface area contributed by atoms with Crippen molar-refractivity contribution in [1.82, 2.24) is 20.1 Å². The number of carbonyl (C=O) groups is 1. The number of aromatic carboxylic acids is 1. The molecule has 10 heteroatoms. The summed E-state index contributed by atoms with van der Waals surface area (Å²) in [6.45, 7) is 3.70. The number of aromatic amines is 1. The van der Waals surface area contributed by atoms with Crippen molar-refractivity contribution in [2.24, 2.45) is 0 Å². The molecule has 0 amide bonds. The van der Waals surface area contributed by atoms with Crippen molar-refractivity contribution in [2.45, 2.75) is 19.6 Å². The maximum Gasteiger partial charge on any atom is 0.552 e. The Balaban J connectivity index is 1.50. The SMILES string of the molecule is CC1=CB(O)Oc2c1ccc(OC1CN(Cc3nc[nH]n3)C1)c2C(=O)O. The van der Waals surface area contributed by atoms with Gasteiger partial charge in [0.05, 0.1) is 6.54 Å². The number of fused-ring (bicyclic) bond motifs is 1. The first-order chi connectivity index (χ1) is 12.5. The molecule has 1 fully saturated rings. The van der Waals surface area contributed by atoms with Gasteiger partial charge in [-0.2, -0.15) is 5.10 Å². The van der Waals surface area contributed by atoms with E-state index in [2.05, 4.69) is 20.1 Å². The van der Waals surface area contributed by atoms with Crippen LogP contribution >= 0.6 is 0 Å². The van der Waals surface area contributed by atoms with Crippen LogP contribution < -0.4 is 9.39 Å². The van der Waals surface area contributed by atoms with E-state index in [1.807, 2.05) is 0 Å². The summed E-state index contributed by atoms with van der Waals surface area (Å²) in [7, 11) is -1.17. The number of benzene rings is 1. The molecular weight excluding hydrogens is 339 g/mol. The molecule has 2 aromatic rings. The van der Waals surface area contributed by atoms with E-state index in [0.717, 1.165) is 5.57 Å². The maximum atomic E-state index is 11.8. The predicted octanol–water partition coefficient (Wildman–Crippen LogP) is 0.581. The molecular formula is C16H17BN4O5. The third kappa shape index (κ3) is 3.04. The van der Waals surface area contributed by atoms with Crippen LogP contribution in [0.25, 0.3) is 5.57 Å². The number of nitrogens with zero attached hydrogens (tertiary/aromatic N) is 3. The van der Waals surface area contributed by atoms with Gasteiger partial charge in [-0.05, 0) is 30.6 Å². The molecule has 0 unspecified atom stereocenters. The first kappa shape index (κ1) is 16.6. The summed E-state index contributed by atoms with van der Waals surface area (Å²) in [4.78, 5) is 18.0. The highest BCUT2D eigenvalue weighted by Crippen LogP contribution is 2.39. The Hall–Kier alpha value is -2.85. The van der Waals surface area contributed by atoms with Gasteiger partial charge in [0.1, 0.15) is 29.5 Å². The van der Waals surface area contributed by atoms with Crippen molar-refractivity contribution < 1.29 is 24.3 Å². The largest absolute Gasteiger partial charge is 0.552 e. The summed E-state index contributed by atoms with van der Waals surface area (Å²) < 4.78 is 11.2. The van der Waals surface area contributed by atoms with Gasteiger partial charge in [0, 0.05) is 18.7 Å². The van der Waals surface area contributed by atoms with Gasteiger partial charge in [0.15, 0.2) is 5.82 Å². The molecule has 134 valence electrons. The second-order valence-electron chi connectivity index (χ2n) is 6.33. The van der Waals surface area contributed by atoms with Gasteiger partial charge in [-0.15, -0.1) is 0 Å². The van der Waals surface area contributed by atoms with Crippen LogP contribution in [-0.2, 0) is 6.54 Å². The quantitative estimate of drug-likeness (QED) is 0.666. The monoisotopic (exact) mass is 356 g/mol. The highest BCUT2D eigenvalue weighted by molar-refractivity contribution is 6.52. The van der Waals surface area contributed by atoms with Gasteiger partial charge in [-0.3, -0.25) is 10.00 Å². The van der Waals surface area contributed by atoms with E-state index in [1.54, 1.807) is 19.1 Å². The number of H-pyrrole nitrogens is 1. The molecule has 1 aromatic heterocycles. The second-order valence-corrected chi connectivity index (χ2v) is 6.33. The third-order valence-electron chi connectivity index (χ3n) is 4.44. The second kappa shape index (κ2) is 6.47. The highest BCUT2D eigenvalue weighted by Gasteiger charge is 2.33. The van der Waals surface area contributed by atoms with E-state index in [9.17, 15) is 14.9 Å². The van der Waals surface area contributed by atoms with Crippen LogP contribution in [0.3, 0.4) is 0 Å². The van der Waals surface area contributed by atoms with Gasteiger partial charge in [-0.1, -0.05) is 0 Å². The molecule has 4 rings (SSSR count). The first-order valence-corrected chi connectivity index (χ1v) is 8.18. The van der Waals surface area contributed by atoms with Gasteiger partial charge in [-0.25, -0.2) is 9.78 Å². The van der Waals surface area contributed by atoms with Crippen LogP contribution in [0.2, 0.25) is 0 Å². The van der Waals surface area contributed by atoms with E-state index in [0.29, 0.717) is 31.0 Å². The standard InChI is InChI=1S/C16H17BN4O5/c1-9-4-17(24)26-15-11(9)2-3-12(14(15)16(22)23)25-10-5-21(6-10)7-13-18-8-19-20-13/h2-4,8,10,24H,5-7H2,1H3,(H,22,23)(H,18,19,20). The van der Waals surface area contributed by atoms with Crippen molar-refractivity contribution in [3.05, 3.63) is 41.4 Å². The van der Waals surface area contributed by atoms with Crippen LogP contribution in [0.4, 0.5) is 0 Å². The molecule has 0 bridgehead atoms. The zero-order valence-corrected chi connectivity index (χ0v) is 14.0. The van der Waals surface area contributed by atoms with Crippen LogP contribution in [0, 0.1) is 0 Å². The zero-order valence-electron chi connectivity index (χ0n) is 14.0. The van der Waals surface area contributed by atoms with E-state index in [-0.39, 0.29) is 23.2 Å². The fraction of sp³-hybridized carbons (Fsp3) is 0.312. The fourth-order valence-corrected chi connectivity index (χ4v) is 3.17. The predicted molar refractivity (Wildman–Crippen MR) is 91.7 cm³/mol. The number of carboxylic acid groups (broad SMARTS) is 1. The first-order valence-electron chi connectivity index (χ1n) is 8.18. The molecule has 2 aliphatic heterocycles. The number of hydrogen-bond acceptors (Lipinski definition) is 7. The number of hydrogen-bond donors (Lipinski definition) is 3. The minimum atomic E-state index is -1.17. The van der Waals surface area contributed by atoms with Crippen molar-refractivity contribution in [3.63, 3.8) is 0 Å². The molecule has 26 heavy (non-hydrogen) atoms. The van der Waals surface area contributed by atoms with Crippen LogP contribution in [0.1, 0.15) is 28.7 Å². The van der Waals surface area contributed by atoms with Crippen molar-refractivity contribution >= 4 is 18.7 Å². The molecule has 2 aliphatic rings. The Morgan fingerprint density at radius 2 is 2.31 bits per heavy atom. The molecule has 0 radical (unpaired) electrons. The third-order valence-corrected chi connectivity index (χ3v) is 4.44. The average Bonchev–Trinajstić information content (AvgIpc) is 3.04. The summed E-state index contributed by atoms with van der Waals surface area (Å²) in [5, 5.41) is 26.1. The summed E-state index contributed by atoms with van der Waals surface area (Å²) in [5.74, 6) is 1.45. The number of ether oxygens (including phenoxy) is 1. The van der Waals surface area contributed by atoms with Gasteiger partial charge < -0.3 is 19.5 Å². The van der Waals surface area contributed by atoms with Crippen molar-refractivity contribution in [2.75, 3.05) is 13.1 Å². The van der Waals surface area contributed by atoms with E-state index in [1.165, 1.54) is 12.3 Å². The van der Waals surface area contributed by atoms with Gasteiger partial charge in [0.2, 0.25) is 0 Å². The van der Waals surface area contributed by atoms with E-state index >= 15 is 0 Å². The Morgan fingerprint density at radius 3 is 3.00 bits per heavy atom.